The van der Waals surface area contributed by atoms with Crippen LogP contribution in [0.4, 0.5) is 11.4 Å². The Morgan fingerprint density at radius 3 is 2.07 bits per heavy atom. The maximum absolute atomic E-state index is 13.4. The van der Waals surface area contributed by atoms with Crippen LogP contribution in [0.15, 0.2) is 144 Å². The van der Waals surface area contributed by atoms with Crippen LogP contribution >= 0.6 is 23.4 Å². The average Bonchev–Trinajstić information content (AvgIpc) is 3.07. The molecule has 1 atom stereocenters. The lowest BCUT2D eigenvalue weighted by molar-refractivity contribution is -0.115. The molecular weight excluding hydrogens is 618 g/mol. The van der Waals surface area contributed by atoms with Gasteiger partial charge in [-0.05, 0) is 97.4 Å². The molecule has 3 N–H and O–H groups in total. The van der Waals surface area contributed by atoms with Crippen LogP contribution in [-0.4, -0.2) is 23.0 Å². The third-order valence-electron chi connectivity index (χ3n) is 6.58. The molecule has 9 heteroatoms. The summed E-state index contributed by atoms with van der Waals surface area (Å²) in [6, 6.07) is 39.4. The number of hydrogen-bond acceptors (Lipinski definition) is 5. The highest BCUT2D eigenvalue weighted by Gasteiger charge is 2.17. The molecular formula is C37H30ClN3O4S. The van der Waals surface area contributed by atoms with Gasteiger partial charge >= 0.3 is 0 Å². The standard InChI is InChI=1S/C37H30ClN3O4S/c1-25(35(42)39-29-19-21-32(22-20-29)45-31-12-6-3-7-13-31)46-33-14-8-11-30(24-33)40-37(44)34(23-26-15-17-28(38)18-16-26)41-36(43)27-9-4-2-5-10-27/h2-25H,1H3,(H,39,42)(H,40,44)(H,41,43)/b34-23-. The SMILES string of the molecule is CC(Sc1cccc(NC(=O)/C(=C/c2ccc(Cl)cc2)NC(=O)c2ccccc2)c1)C(=O)Nc1ccc(Oc2ccccc2)cc1. The Balaban J connectivity index is 1.22. The van der Waals surface area contributed by atoms with Crippen LogP contribution in [0.5, 0.6) is 11.5 Å². The third kappa shape index (κ3) is 9.34. The molecule has 0 aliphatic heterocycles. The second-order valence-corrected chi connectivity index (χ2v) is 12.0. The first kappa shape index (κ1) is 32.1. The number of carbonyl (C=O) groups excluding carboxylic acids is 3. The molecule has 0 heterocycles. The summed E-state index contributed by atoms with van der Waals surface area (Å²) in [5.74, 6) is 0.294. The van der Waals surface area contributed by atoms with E-state index in [0.29, 0.717) is 33.3 Å². The van der Waals surface area contributed by atoms with Crippen LogP contribution in [-0.2, 0) is 9.59 Å². The van der Waals surface area contributed by atoms with Crippen molar-refractivity contribution in [1.82, 2.24) is 5.32 Å². The number of carbonyl (C=O) groups is 3. The largest absolute Gasteiger partial charge is 0.457 e. The van der Waals surface area contributed by atoms with E-state index in [1.807, 2.05) is 49.4 Å². The Morgan fingerprint density at radius 1 is 0.717 bits per heavy atom. The van der Waals surface area contributed by atoms with Gasteiger partial charge in [0.25, 0.3) is 11.8 Å². The fourth-order valence-corrected chi connectivity index (χ4v) is 5.30. The van der Waals surface area contributed by atoms with Crippen molar-refractivity contribution in [2.24, 2.45) is 0 Å². The predicted octanol–water partition coefficient (Wildman–Crippen LogP) is 8.66. The Hall–Kier alpha value is -5.31. The number of para-hydroxylation sites is 1. The second kappa shape index (κ2) is 15.6. The van der Waals surface area contributed by atoms with Crippen molar-refractivity contribution in [3.8, 4) is 11.5 Å². The lowest BCUT2D eigenvalue weighted by Gasteiger charge is -2.14. The van der Waals surface area contributed by atoms with E-state index in [0.717, 1.165) is 10.6 Å². The molecule has 0 saturated heterocycles. The monoisotopic (exact) mass is 647 g/mol. The number of rotatable bonds is 11. The summed E-state index contributed by atoms with van der Waals surface area (Å²) in [6.45, 7) is 1.81. The summed E-state index contributed by atoms with van der Waals surface area (Å²) >= 11 is 7.37. The molecule has 5 aromatic rings. The molecule has 230 valence electrons. The van der Waals surface area contributed by atoms with Crippen LogP contribution in [0.3, 0.4) is 0 Å². The maximum atomic E-state index is 13.4. The number of amides is 3. The van der Waals surface area contributed by atoms with E-state index in [2.05, 4.69) is 16.0 Å². The summed E-state index contributed by atoms with van der Waals surface area (Å²) in [4.78, 5) is 40.1. The fraction of sp³-hybridized carbons (Fsp3) is 0.0541. The Labute approximate surface area is 276 Å². The van der Waals surface area contributed by atoms with Gasteiger partial charge in [0.15, 0.2) is 0 Å². The number of ether oxygens (including phenoxy) is 1. The first-order valence-corrected chi connectivity index (χ1v) is 15.6. The lowest BCUT2D eigenvalue weighted by atomic mass is 10.1. The molecule has 0 aliphatic rings. The third-order valence-corrected chi connectivity index (χ3v) is 7.93. The van der Waals surface area contributed by atoms with Crippen molar-refractivity contribution in [2.45, 2.75) is 17.1 Å². The van der Waals surface area contributed by atoms with Gasteiger partial charge in [-0.25, -0.2) is 0 Å². The molecule has 3 amide bonds. The van der Waals surface area contributed by atoms with Gasteiger partial charge < -0.3 is 20.7 Å². The van der Waals surface area contributed by atoms with E-state index < -0.39 is 17.1 Å². The maximum Gasteiger partial charge on any atom is 0.272 e. The molecule has 46 heavy (non-hydrogen) atoms. The van der Waals surface area contributed by atoms with E-state index in [1.54, 1.807) is 97.1 Å². The Morgan fingerprint density at radius 2 is 1.37 bits per heavy atom. The molecule has 5 rings (SSSR count). The van der Waals surface area contributed by atoms with Gasteiger partial charge in [0.2, 0.25) is 5.91 Å². The van der Waals surface area contributed by atoms with Crippen molar-refractivity contribution >= 4 is 58.5 Å². The van der Waals surface area contributed by atoms with Crippen LogP contribution < -0.4 is 20.7 Å². The van der Waals surface area contributed by atoms with E-state index in [4.69, 9.17) is 16.3 Å². The minimum absolute atomic E-state index is 0.0576. The molecule has 0 saturated carbocycles. The van der Waals surface area contributed by atoms with E-state index >= 15 is 0 Å². The molecule has 1 unspecified atom stereocenters. The summed E-state index contributed by atoms with van der Waals surface area (Å²) < 4.78 is 5.82. The van der Waals surface area contributed by atoms with Crippen molar-refractivity contribution in [2.75, 3.05) is 10.6 Å². The van der Waals surface area contributed by atoms with Crippen LogP contribution in [0.25, 0.3) is 6.08 Å². The van der Waals surface area contributed by atoms with Gasteiger partial charge in [0.1, 0.15) is 17.2 Å². The smallest absolute Gasteiger partial charge is 0.272 e. The lowest BCUT2D eigenvalue weighted by Crippen LogP contribution is -2.30. The highest BCUT2D eigenvalue weighted by Crippen LogP contribution is 2.28. The van der Waals surface area contributed by atoms with E-state index in [1.165, 1.54) is 11.8 Å². The highest BCUT2D eigenvalue weighted by atomic mass is 35.5. The molecule has 0 spiro atoms. The fourth-order valence-electron chi connectivity index (χ4n) is 4.25. The first-order chi connectivity index (χ1) is 22.3. The van der Waals surface area contributed by atoms with Crippen molar-refractivity contribution in [3.63, 3.8) is 0 Å². The number of benzene rings is 5. The quantitative estimate of drug-likeness (QED) is 0.0985. The minimum Gasteiger partial charge on any atom is -0.457 e. The zero-order chi connectivity index (χ0) is 32.3. The summed E-state index contributed by atoms with van der Waals surface area (Å²) in [5.41, 5.74) is 2.32. The molecule has 0 aliphatic carbocycles. The van der Waals surface area contributed by atoms with Gasteiger partial charge in [0.05, 0.1) is 5.25 Å². The molecule has 5 aromatic carbocycles. The number of thioether (sulfide) groups is 1. The van der Waals surface area contributed by atoms with Crippen LogP contribution in [0, 0.1) is 0 Å². The van der Waals surface area contributed by atoms with Crippen molar-refractivity contribution in [1.29, 1.82) is 0 Å². The molecule has 0 bridgehead atoms. The van der Waals surface area contributed by atoms with E-state index in [9.17, 15) is 14.4 Å². The molecule has 0 fully saturated rings. The topological polar surface area (TPSA) is 96.5 Å². The summed E-state index contributed by atoms with van der Waals surface area (Å²) in [6.07, 6.45) is 1.58. The normalized spacial score (nSPS) is 11.7. The zero-order valence-corrected chi connectivity index (χ0v) is 26.3. The molecule has 0 aromatic heterocycles. The number of anilines is 2. The summed E-state index contributed by atoms with van der Waals surface area (Å²) in [5, 5.41) is 8.64. The van der Waals surface area contributed by atoms with Gasteiger partial charge in [-0.1, -0.05) is 66.2 Å². The number of hydrogen-bond donors (Lipinski definition) is 3. The van der Waals surface area contributed by atoms with Crippen LogP contribution in [0.1, 0.15) is 22.8 Å². The summed E-state index contributed by atoms with van der Waals surface area (Å²) in [7, 11) is 0. The second-order valence-electron chi connectivity index (χ2n) is 10.1. The van der Waals surface area contributed by atoms with E-state index in [-0.39, 0.29) is 11.6 Å². The zero-order valence-electron chi connectivity index (χ0n) is 24.8. The van der Waals surface area contributed by atoms with Gasteiger partial charge in [0, 0.05) is 26.9 Å². The highest BCUT2D eigenvalue weighted by molar-refractivity contribution is 8.00. The van der Waals surface area contributed by atoms with Gasteiger partial charge in [-0.15, -0.1) is 11.8 Å². The number of nitrogens with one attached hydrogen (secondary N) is 3. The Kier molecular flexibility index (Phi) is 10.9. The molecule has 7 nitrogen and oxygen atoms in total. The van der Waals surface area contributed by atoms with Gasteiger partial charge in [-0.2, -0.15) is 0 Å². The van der Waals surface area contributed by atoms with Crippen LogP contribution in [0.2, 0.25) is 5.02 Å². The van der Waals surface area contributed by atoms with Crippen molar-refractivity contribution < 1.29 is 19.1 Å². The Bertz CT molecular complexity index is 1830. The number of halogens is 1. The van der Waals surface area contributed by atoms with Crippen molar-refractivity contribution in [3.05, 3.63) is 155 Å². The first-order valence-electron chi connectivity index (χ1n) is 14.4. The van der Waals surface area contributed by atoms with Gasteiger partial charge in [-0.3, -0.25) is 14.4 Å². The predicted molar refractivity (Wildman–Crippen MR) is 185 cm³/mol. The average molecular weight is 648 g/mol. The minimum atomic E-state index is -0.508. The molecule has 0 radical (unpaired) electrons.